The topological polar surface area (TPSA) is 81.8 Å². The Morgan fingerprint density at radius 3 is 2.64 bits per heavy atom. The van der Waals surface area contributed by atoms with E-state index in [0.717, 1.165) is 12.8 Å². The molecule has 3 aliphatic rings. The minimum Gasteiger partial charge on any atom is -0.352 e. The van der Waals surface area contributed by atoms with Crippen molar-refractivity contribution >= 4 is 17.8 Å². The van der Waals surface area contributed by atoms with Crippen LogP contribution in [-0.2, 0) is 9.59 Å². The number of rotatable bonds is 6. The number of benzene rings is 1. The Morgan fingerprint density at radius 2 is 2.00 bits per heavy atom. The maximum Gasteiger partial charge on any atom is 0.322 e. The van der Waals surface area contributed by atoms with Crippen molar-refractivity contribution < 1.29 is 18.8 Å². The van der Waals surface area contributed by atoms with Crippen molar-refractivity contribution in [2.24, 2.45) is 0 Å². The SMILES string of the molecule is C=CCN1C(=O)N[C@H](c2ccc(F)cc2)C2=C1CN(CC(=O)NC1CC1)C2=O. The molecule has 1 fully saturated rings. The Bertz CT molecular complexity index is 876. The number of halogens is 1. The van der Waals surface area contributed by atoms with Gasteiger partial charge in [0.05, 0.1) is 23.9 Å². The minimum absolute atomic E-state index is 0.0609. The second-order valence-electron chi connectivity index (χ2n) is 7.20. The fraction of sp³-hybridized carbons (Fsp3) is 0.350. The van der Waals surface area contributed by atoms with E-state index in [1.807, 2.05) is 0 Å². The summed E-state index contributed by atoms with van der Waals surface area (Å²) in [6.45, 7) is 4.02. The minimum atomic E-state index is -0.687. The summed E-state index contributed by atoms with van der Waals surface area (Å²) >= 11 is 0. The normalized spacial score (nSPS) is 21.5. The number of urea groups is 1. The molecule has 2 N–H and O–H groups in total. The molecule has 0 saturated heterocycles. The Labute approximate surface area is 161 Å². The van der Waals surface area contributed by atoms with Crippen LogP contribution in [0.15, 0.2) is 48.2 Å². The van der Waals surface area contributed by atoms with E-state index in [1.54, 1.807) is 18.2 Å². The van der Waals surface area contributed by atoms with Gasteiger partial charge in [-0.1, -0.05) is 18.2 Å². The molecule has 1 aliphatic carbocycles. The maximum atomic E-state index is 13.3. The summed E-state index contributed by atoms with van der Waals surface area (Å²) in [5.41, 5.74) is 1.58. The van der Waals surface area contributed by atoms with Crippen molar-refractivity contribution in [3.8, 4) is 0 Å². The Hall–Kier alpha value is -3.16. The number of amides is 4. The fourth-order valence-corrected chi connectivity index (χ4v) is 3.58. The molecule has 1 atom stereocenters. The lowest BCUT2D eigenvalue weighted by molar-refractivity contribution is -0.132. The van der Waals surface area contributed by atoms with Crippen LogP contribution in [-0.4, -0.2) is 53.3 Å². The first kappa shape index (κ1) is 18.2. The highest BCUT2D eigenvalue weighted by Crippen LogP contribution is 2.36. The van der Waals surface area contributed by atoms with Crippen LogP contribution in [0.4, 0.5) is 9.18 Å². The lowest BCUT2D eigenvalue weighted by Crippen LogP contribution is -2.47. The number of nitrogens with zero attached hydrogens (tertiary/aromatic N) is 2. The summed E-state index contributed by atoms with van der Waals surface area (Å²) in [6, 6.07) is 4.84. The average Bonchev–Trinajstić information content (AvgIpc) is 3.41. The largest absolute Gasteiger partial charge is 0.352 e. The first-order valence-electron chi connectivity index (χ1n) is 9.24. The van der Waals surface area contributed by atoms with Crippen LogP contribution >= 0.6 is 0 Å². The number of hydrogen-bond acceptors (Lipinski definition) is 3. The molecule has 4 rings (SSSR count). The Balaban J connectivity index is 1.63. The molecule has 4 amide bonds. The molecule has 2 heterocycles. The van der Waals surface area contributed by atoms with Gasteiger partial charge in [-0.2, -0.15) is 0 Å². The molecule has 1 saturated carbocycles. The molecule has 146 valence electrons. The van der Waals surface area contributed by atoms with Crippen molar-refractivity contribution in [2.45, 2.75) is 24.9 Å². The summed E-state index contributed by atoms with van der Waals surface area (Å²) in [5.74, 6) is -0.905. The predicted octanol–water partition coefficient (Wildman–Crippen LogP) is 1.45. The summed E-state index contributed by atoms with van der Waals surface area (Å²) < 4.78 is 13.3. The quantitative estimate of drug-likeness (QED) is 0.729. The summed E-state index contributed by atoms with van der Waals surface area (Å²) in [4.78, 5) is 40.8. The lowest BCUT2D eigenvalue weighted by atomic mass is 9.95. The third-order valence-corrected chi connectivity index (χ3v) is 5.09. The van der Waals surface area contributed by atoms with E-state index >= 15 is 0 Å². The molecule has 0 bridgehead atoms. The van der Waals surface area contributed by atoms with Crippen molar-refractivity contribution in [3.05, 3.63) is 59.6 Å². The molecular weight excluding hydrogens is 363 g/mol. The monoisotopic (exact) mass is 384 g/mol. The number of nitrogens with one attached hydrogen (secondary N) is 2. The molecule has 0 spiro atoms. The van der Waals surface area contributed by atoms with Crippen LogP contribution in [0.1, 0.15) is 24.4 Å². The maximum absolute atomic E-state index is 13.3. The van der Waals surface area contributed by atoms with E-state index in [9.17, 15) is 18.8 Å². The lowest BCUT2D eigenvalue weighted by Gasteiger charge is -2.33. The number of carbonyl (C=O) groups is 3. The van der Waals surface area contributed by atoms with Gasteiger partial charge in [0.25, 0.3) is 5.91 Å². The first-order chi connectivity index (χ1) is 13.5. The van der Waals surface area contributed by atoms with Gasteiger partial charge < -0.3 is 15.5 Å². The van der Waals surface area contributed by atoms with Crippen LogP contribution in [0.3, 0.4) is 0 Å². The van der Waals surface area contributed by atoms with Gasteiger partial charge in [0.15, 0.2) is 0 Å². The van der Waals surface area contributed by atoms with Crippen molar-refractivity contribution in [2.75, 3.05) is 19.6 Å². The molecule has 28 heavy (non-hydrogen) atoms. The van der Waals surface area contributed by atoms with Gasteiger partial charge in [0, 0.05) is 12.6 Å². The van der Waals surface area contributed by atoms with Crippen LogP contribution in [0, 0.1) is 5.82 Å². The molecule has 7 nitrogen and oxygen atoms in total. The molecule has 0 aromatic heterocycles. The highest BCUT2D eigenvalue weighted by Gasteiger charge is 2.44. The van der Waals surface area contributed by atoms with E-state index in [2.05, 4.69) is 17.2 Å². The van der Waals surface area contributed by atoms with Crippen LogP contribution in [0.25, 0.3) is 0 Å². The Kier molecular flexibility index (Phi) is 4.62. The van der Waals surface area contributed by atoms with E-state index in [0.29, 0.717) is 16.8 Å². The van der Waals surface area contributed by atoms with Gasteiger partial charge in [-0.3, -0.25) is 14.5 Å². The second-order valence-corrected chi connectivity index (χ2v) is 7.20. The first-order valence-corrected chi connectivity index (χ1v) is 9.24. The van der Waals surface area contributed by atoms with E-state index in [-0.39, 0.29) is 43.5 Å². The zero-order valence-electron chi connectivity index (χ0n) is 15.3. The summed E-state index contributed by atoms with van der Waals surface area (Å²) in [7, 11) is 0. The number of hydrogen-bond donors (Lipinski definition) is 2. The second kappa shape index (κ2) is 7.10. The van der Waals surface area contributed by atoms with Crippen LogP contribution in [0.5, 0.6) is 0 Å². The standard InChI is InChI=1S/C20H21FN4O3/c1-2-9-25-15-10-24(11-16(26)22-14-7-8-14)19(27)17(15)18(23-20(25)28)12-3-5-13(21)6-4-12/h2-6,14,18H,1,7-11H2,(H,22,26)(H,23,28)/t18-/m1/s1. The summed E-state index contributed by atoms with van der Waals surface area (Å²) in [6.07, 6.45) is 3.51. The summed E-state index contributed by atoms with van der Waals surface area (Å²) in [5, 5.41) is 5.69. The number of carbonyl (C=O) groups excluding carboxylic acids is 3. The Morgan fingerprint density at radius 1 is 1.29 bits per heavy atom. The highest BCUT2D eigenvalue weighted by molar-refractivity contribution is 6.03. The molecule has 0 radical (unpaired) electrons. The van der Waals surface area contributed by atoms with Gasteiger partial charge in [0.1, 0.15) is 12.4 Å². The van der Waals surface area contributed by atoms with Gasteiger partial charge in [-0.15, -0.1) is 6.58 Å². The molecule has 0 unspecified atom stereocenters. The third kappa shape index (κ3) is 3.37. The predicted molar refractivity (Wildman–Crippen MR) is 99.3 cm³/mol. The van der Waals surface area contributed by atoms with Crippen LogP contribution < -0.4 is 10.6 Å². The molecule has 8 heteroatoms. The van der Waals surface area contributed by atoms with Gasteiger partial charge in [-0.25, -0.2) is 9.18 Å². The van der Waals surface area contributed by atoms with Crippen molar-refractivity contribution in [3.63, 3.8) is 0 Å². The van der Waals surface area contributed by atoms with E-state index in [1.165, 1.54) is 21.9 Å². The van der Waals surface area contributed by atoms with Crippen molar-refractivity contribution in [1.29, 1.82) is 0 Å². The highest BCUT2D eigenvalue weighted by atomic mass is 19.1. The third-order valence-electron chi connectivity index (χ3n) is 5.09. The molecule has 1 aromatic carbocycles. The average molecular weight is 384 g/mol. The van der Waals surface area contributed by atoms with E-state index < -0.39 is 11.9 Å². The fourth-order valence-electron chi connectivity index (χ4n) is 3.58. The van der Waals surface area contributed by atoms with Gasteiger partial charge in [-0.05, 0) is 30.5 Å². The van der Waals surface area contributed by atoms with Gasteiger partial charge in [0.2, 0.25) is 5.91 Å². The smallest absolute Gasteiger partial charge is 0.322 e. The zero-order valence-corrected chi connectivity index (χ0v) is 15.3. The molecule has 1 aromatic rings. The van der Waals surface area contributed by atoms with Crippen LogP contribution in [0.2, 0.25) is 0 Å². The van der Waals surface area contributed by atoms with E-state index in [4.69, 9.17) is 0 Å². The zero-order chi connectivity index (χ0) is 19.8. The van der Waals surface area contributed by atoms with Gasteiger partial charge >= 0.3 is 6.03 Å². The molecule has 2 aliphatic heterocycles. The van der Waals surface area contributed by atoms with Crippen molar-refractivity contribution in [1.82, 2.24) is 20.4 Å². The molecular formula is C20H21FN4O3.